The van der Waals surface area contributed by atoms with Crippen molar-refractivity contribution >= 4 is 6.01 Å². The molecule has 1 heterocycles. The van der Waals surface area contributed by atoms with E-state index in [9.17, 15) is 14.9 Å². The third-order valence-corrected chi connectivity index (χ3v) is 0.583. The fourth-order valence-electron chi connectivity index (χ4n) is 0.300. The lowest BCUT2D eigenvalue weighted by Gasteiger charge is -1.77. The lowest BCUT2D eigenvalue weighted by molar-refractivity contribution is -0.408. The topological polar surface area (TPSA) is 102 Å². The van der Waals surface area contributed by atoms with Gasteiger partial charge in [-0.1, -0.05) is 0 Å². The first kappa shape index (κ1) is 5.48. The Balaban J connectivity index is 3.12. The van der Waals surface area contributed by atoms with E-state index in [2.05, 4.69) is 9.51 Å². The highest BCUT2D eigenvalue weighted by Crippen LogP contribution is 1.96. The number of hydrogen-bond donors (Lipinski definition) is 1. The van der Waals surface area contributed by atoms with Crippen molar-refractivity contribution in [3.8, 4) is 0 Å². The zero-order chi connectivity index (χ0) is 6.85. The Morgan fingerprint density at radius 1 is 1.78 bits per heavy atom. The number of rotatable bonds is 1. The summed E-state index contributed by atoms with van der Waals surface area (Å²) in [6.07, 6.45) is 0. The molecule has 0 unspecified atom stereocenters. The summed E-state index contributed by atoms with van der Waals surface area (Å²) in [5, 5.41) is 11.4. The largest absolute Gasteiger partial charge is 0.570 e. The number of aromatic nitrogens is 2. The van der Waals surface area contributed by atoms with E-state index in [1.807, 2.05) is 0 Å². The Hall–Kier alpha value is -1.66. The highest BCUT2D eigenvalue weighted by molar-refractivity contribution is 4.88. The summed E-state index contributed by atoms with van der Waals surface area (Å²) in [5.74, 6) is 0. The van der Waals surface area contributed by atoms with Gasteiger partial charge in [-0.3, -0.25) is 4.52 Å². The molecule has 1 rings (SSSR count). The summed E-state index contributed by atoms with van der Waals surface area (Å²) < 4.78 is 3.98. The molecule has 1 aromatic rings. The first-order valence-corrected chi connectivity index (χ1v) is 1.90. The van der Waals surface area contributed by atoms with Crippen LogP contribution in [-0.2, 0) is 0 Å². The first-order chi connectivity index (χ1) is 4.20. The van der Waals surface area contributed by atoms with E-state index in [-0.39, 0.29) is 0 Å². The second-order valence-electron chi connectivity index (χ2n) is 1.16. The number of H-pyrrole nitrogens is 1. The van der Waals surface area contributed by atoms with Crippen molar-refractivity contribution in [2.75, 3.05) is 0 Å². The van der Waals surface area contributed by atoms with Crippen LogP contribution in [0.1, 0.15) is 0 Å². The number of nitrogens with zero attached hydrogens (tertiary/aromatic N) is 2. The van der Waals surface area contributed by atoms with Crippen LogP contribution in [0, 0.1) is 10.1 Å². The van der Waals surface area contributed by atoms with Gasteiger partial charge in [-0.25, -0.2) is 4.79 Å². The molecule has 0 saturated heterocycles. The van der Waals surface area contributed by atoms with Crippen LogP contribution in [0.25, 0.3) is 0 Å². The van der Waals surface area contributed by atoms with Crippen molar-refractivity contribution in [3.05, 3.63) is 20.6 Å². The Bertz CT molecular complexity index is 271. The SMILES string of the molecule is O=c1nc([N+](=O)[O-])o[nH]1. The van der Waals surface area contributed by atoms with Crippen LogP contribution < -0.4 is 5.69 Å². The Labute approximate surface area is 47.4 Å². The minimum Gasteiger partial charge on any atom is -0.355 e. The molecule has 0 amide bonds. The van der Waals surface area contributed by atoms with Crippen molar-refractivity contribution in [2.24, 2.45) is 0 Å². The van der Waals surface area contributed by atoms with E-state index in [1.165, 1.54) is 0 Å². The lowest BCUT2D eigenvalue weighted by atomic mass is 11.1. The highest BCUT2D eigenvalue weighted by Gasteiger charge is 2.13. The predicted octanol–water partition coefficient (Wildman–Crippen LogP) is -0.729. The Morgan fingerprint density at radius 3 is 2.67 bits per heavy atom. The van der Waals surface area contributed by atoms with Crippen LogP contribution in [0.5, 0.6) is 0 Å². The minimum atomic E-state index is -0.905. The van der Waals surface area contributed by atoms with Crippen LogP contribution in [0.4, 0.5) is 6.01 Å². The van der Waals surface area contributed by atoms with E-state index in [0.29, 0.717) is 0 Å². The van der Waals surface area contributed by atoms with Crippen LogP contribution in [0.3, 0.4) is 0 Å². The zero-order valence-electron chi connectivity index (χ0n) is 4.03. The molecule has 0 aliphatic heterocycles. The maximum absolute atomic E-state index is 10.0. The van der Waals surface area contributed by atoms with E-state index < -0.39 is 16.6 Å². The monoisotopic (exact) mass is 131 g/mol. The van der Waals surface area contributed by atoms with Crippen molar-refractivity contribution in [1.29, 1.82) is 0 Å². The number of nitrogens with one attached hydrogen (secondary N) is 1. The fourth-order valence-corrected chi connectivity index (χ4v) is 0.300. The quantitative estimate of drug-likeness (QED) is 0.399. The normalized spacial score (nSPS) is 9.33. The van der Waals surface area contributed by atoms with Gasteiger partial charge in [0, 0.05) is 4.92 Å². The molecular formula is C2HN3O4. The third-order valence-electron chi connectivity index (χ3n) is 0.583. The molecule has 0 spiro atoms. The van der Waals surface area contributed by atoms with Crippen molar-refractivity contribution in [1.82, 2.24) is 10.1 Å². The zero-order valence-corrected chi connectivity index (χ0v) is 4.03. The first-order valence-electron chi connectivity index (χ1n) is 1.90. The molecule has 0 atom stereocenters. The maximum atomic E-state index is 10.0. The summed E-state index contributed by atoms with van der Waals surface area (Å²) in [6.45, 7) is 0. The smallest absolute Gasteiger partial charge is 0.355 e. The Kier molecular flexibility index (Phi) is 1.03. The molecule has 1 aromatic heterocycles. The van der Waals surface area contributed by atoms with Gasteiger partial charge in [0.15, 0.2) is 0 Å². The molecule has 0 radical (unpaired) electrons. The van der Waals surface area contributed by atoms with Gasteiger partial charge in [0.05, 0.1) is 4.98 Å². The van der Waals surface area contributed by atoms with Gasteiger partial charge in [0.1, 0.15) is 0 Å². The summed E-state index contributed by atoms with van der Waals surface area (Å²) in [4.78, 5) is 21.7. The van der Waals surface area contributed by atoms with Crippen LogP contribution in [0.2, 0.25) is 0 Å². The van der Waals surface area contributed by atoms with Gasteiger partial charge in [0.2, 0.25) is 0 Å². The number of aromatic amines is 1. The predicted molar refractivity (Wildman–Crippen MR) is 23.8 cm³/mol. The molecule has 7 nitrogen and oxygen atoms in total. The molecule has 0 aliphatic carbocycles. The van der Waals surface area contributed by atoms with Crippen LogP contribution in [-0.4, -0.2) is 15.1 Å². The average Bonchev–Trinajstić information content (AvgIpc) is 2.14. The molecule has 48 valence electrons. The second kappa shape index (κ2) is 1.69. The average molecular weight is 131 g/mol. The van der Waals surface area contributed by atoms with E-state index in [0.717, 1.165) is 0 Å². The fraction of sp³-hybridized carbons (Fsp3) is 0. The van der Waals surface area contributed by atoms with Crippen molar-refractivity contribution in [3.63, 3.8) is 0 Å². The lowest BCUT2D eigenvalue weighted by Crippen LogP contribution is -2.00. The maximum Gasteiger partial charge on any atom is 0.570 e. The van der Waals surface area contributed by atoms with E-state index in [1.54, 1.807) is 5.16 Å². The molecule has 7 heteroatoms. The number of nitro groups is 1. The van der Waals surface area contributed by atoms with Gasteiger partial charge in [-0.2, -0.15) is 0 Å². The molecule has 0 saturated carbocycles. The molecule has 0 aromatic carbocycles. The van der Waals surface area contributed by atoms with Gasteiger partial charge in [-0.15, -0.1) is 5.16 Å². The van der Waals surface area contributed by atoms with Gasteiger partial charge in [0.25, 0.3) is 0 Å². The van der Waals surface area contributed by atoms with Gasteiger partial charge in [-0.05, 0) is 0 Å². The summed E-state index contributed by atoms with van der Waals surface area (Å²) in [5.41, 5.74) is -0.860. The highest BCUT2D eigenvalue weighted by atomic mass is 16.7. The summed E-state index contributed by atoms with van der Waals surface area (Å²) in [7, 11) is 0. The van der Waals surface area contributed by atoms with Crippen molar-refractivity contribution in [2.45, 2.75) is 0 Å². The van der Waals surface area contributed by atoms with Gasteiger partial charge < -0.3 is 10.1 Å². The van der Waals surface area contributed by atoms with Crippen LogP contribution >= 0.6 is 0 Å². The Morgan fingerprint density at radius 2 is 2.44 bits per heavy atom. The summed E-state index contributed by atoms with van der Waals surface area (Å²) >= 11 is 0. The molecular weight excluding hydrogens is 130 g/mol. The van der Waals surface area contributed by atoms with Gasteiger partial charge >= 0.3 is 11.7 Å². The van der Waals surface area contributed by atoms with E-state index in [4.69, 9.17) is 0 Å². The minimum absolute atomic E-state index is 0.819. The van der Waals surface area contributed by atoms with Crippen LogP contribution in [0.15, 0.2) is 9.32 Å². The molecule has 0 aliphatic rings. The third kappa shape index (κ3) is 0.929. The van der Waals surface area contributed by atoms with E-state index >= 15 is 0 Å². The number of hydrogen-bond acceptors (Lipinski definition) is 5. The molecule has 1 N–H and O–H groups in total. The van der Waals surface area contributed by atoms with Crippen molar-refractivity contribution < 1.29 is 9.45 Å². The standard InChI is InChI=1S/C2HN3O4/c6-1-3-2(5(7)8)9-4-1/h(H,4,6). The second-order valence-corrected chi connectivity index (χ2v) is 1.16. The summed E-state index contributed by atoms with van der Waals surface area (Å²) in [6, 6.07) is -0.819. The molecule has 0 fully saturated rings. The molecule has 9 heavy (non-hydrogen) atoms. The molecule has 0 bridgehead atoms.